The third-order valence-electron chi connectivity index (χ3n) is 3.04. The van der Waals surface area contributed by atoms with Crippen LogP contribution in [0.15, 0.2) is 30.5 Å². The van der Waals surface area contributed by atoms with E-state index in [-0.39, 0.29) is 5.28 Å². The lowest BCUT2D eigenvalue weighted by molar-refractivity contribution is 0.922. The fourth-order valence-electron chi connectivity index (χ4n) is 2.08. The first-order valence-corrected chi connectivity index (χ1v) is 6.86. The number of H-pyrrole nitrogens is 1. The SMILES string of the molecule is CCCc1ccc(Nc2nc(Cl)nc3[nH]ncc23)cc1. The molecule has 2 N–H and O–H groups in total. The zero-order valence-electron chi connectivity index (χ0n) is 11.0. The Bertz CT molecular complexity index is 720. The van der Waals surface area contributed by atoms with Crippen molar-refractivity contribution in [1.82, 2.24) is 20.2 Å². The van der Waals surface area contributed by atoms with Gasteiger partial charge in [-0.05, 0) is 35.7 Å². The number of anilines is 2. The summed E-state index contributed by atoms with van der Waals surface area (Å²) in [6.45, 7) is 2.17. The van der Waals surface area contributed by atoms with Crippen LogP contribution in [0.4, 0.5) is 11.5 Å². The second-order valence-electron chi connectivity index (χ2n) is 4.55. The molecule has 0 spiro atoms. The third kappa shape index (κ3) is 2.58. The summed E-state index contributed by atoms with van der Waals surface area (Å²) in [5.74, 6) is 0.650. The average Bonchev–Trinajstić information content (AvgIpc) is 2.89. The van der Waals surface area contributed by atoms with Gasteiger partial charge < -0.3 is 5.32 Å². The zero-order valence-corrected chi connectivity index (χ0v) is 11.8. The molecule has 0 fully saturated rings. The predicted octanol–water partition coefficient (Wildman–Crippen LogP) is 3.70. The highest BCUT2D eigenvalue weighted by Gasteiger charge is 2.08. The minimum atomic E-state index is 0.187. The van der Waals surface area contributed by atoms with Gasteiger partial charge in [-0.2, -0.15) is 15.1 Å². The molecule has 3 rings (SSSR count). The molecule has 6 heteroatoms. The van der Waals surface area contributed by atoms with Crippen LogP contribution >= 0.6 is 11.6 Å². The molecule has 0 amide bonds. The number of nitrogens with one attached hydrogen (secondary N) is 2. The molecule has 0 bridgehead atoms. The molecule has 0 unspecified atom stereocenters. The Morgan fingerprint density at radius 3 is 2.75 bits per heavy atom. The monoisotopic (exact) mass is 287 g/mol. The summed E-state index contributed by atoms with van der Waals surface area (Å²) in [5.41, 5.74) is 2.91. The number of hydrogen-bond acceptors (Lipinski definition) is 4. The summed E-state index contributed by atoms with van der Waals surface area (Å²) in [6.07, 6.45) is 3.91. The molecule has 2 aromatic heterocycles. The molecule has 0 radical (unpaired) electrons. The van der Waals surface area contributed by atoms with E-state index in [1.165, 1.54) is 5.56 Å². The number of aromatic amines is 1. The molecule has 5 nitrogen and oxygen atoms in total. The van der Waals surface area contributed by atoms with E-state index < -0.39 is 0 Å². The Hall–Kier alpha value is -2.14. The minimum Gasteiger partial charge on any atom is -0.339 e. The Kier molecular flexibility index (Phi) is 3.52. The van der Waals surface area contributed by atoms with Crippen molar-refractivity contribution in [3.8, 4) is 0 Å². The molecular weight excluding hydrogens is 274 g/mol. The van der Waals surface area contributed by atoms with Gasteiger partial charge in [0.25, 0.3) is 0 Å². The Balaban J connectivity index is 1.90. The minimum absolute atomic E-state index is 0.187. The molecular formula is C14H14ClN5. The predicted molar refractivity (Wildman–Crippen MR) is 80.4 cm³/mol. The Morgan fingerprint density at radius 1 is 1.20 bits per heavy atom. The molecule has 20 heavy (non-hydrogen) atoms. The van der Waals surface area contributed by atoms with Crippen LogP contribution in [0.5, 0.6) is 0 Å². The maximum absolute atomic E-state index is 5.90. The van der Waals surface area contributed by atoms with E-state index in [1.54, 1.807) is 6.20 Å². The van der Waals surface area contributed by atoms with E-state index in [0.29, 0.717) is 11.5 Å². The quantitative estimate of drug-likeness (QED) is 0.718. The van der Waals surface area contributed by atoms with Gasteiger partial charge >= 0.3 is 0 Å². The smallest absolute Gasteiger partial charge is 0.226 e. The van der Waals surface area contributed by atoms with Crippen LogP contribution in [0.3, 0.4) is 0 Å². The summed E-state index contributed by atoms with van der Waals surface area (Å²) in [4.78, 5) is 8.28. The van der Waals surface area contributed by atoms with Crippen LogP contribution in [0.2, 0.25) is 5.28 Å². The average molecular weight is 288 g/mol. The van der Waals surface area contributed by atoms with Gasteiger partial charge in [0.15, 0.2) is 5.65 Å². The van der Waals surface area contributed by atoms with E-state index in [0.717, 1.165) is 23.9 Å². The number of rotatable bonds is 4. The molecule has 0 aliphatic heterocycles. The first-order chi connectivity index (χ1) is 9.76. The highest BCUT2D eigenvalue weighted by Crippen LogP contribution is 2.24. The van der Waals surface area contributed by atoms with Crippen molar-refractivity contribution in [1.29, 1.82) is 0 Å². The van der Waals surface area contributed by atoms with Crippen molar-refractivity contribution in [2.45, 2.75) is 19.8 Å². The molecule has 0 aliphatic carbocycles. The third-order valence-corrected chi connectivity index (χ3v) is 3.21. The number of benzene rings is 1. The van der Waals surface area contributed by atoms with Crippen molar-refractivity contribution in [2.75, 3.05) is 5.32 Å². The number of aryl methyl sites for hydroxylation is 1. The van der Waals surface area contributed by atoms with Crippen molar-refractivity contribution < 1.29 is 0 Å². The molecule has 1 aromatic carbocycles. The standard InChI is InChI=1S/C14H14ClN5/c1-2-3-9-4-6-10(7-5-9)17-12-11-8-16-20-13(11)19-14(15)18-12/h4-8H,2-3H2,1H3,(H2,16,17,18,19,20). The van der Waals surface area contributed by atoms with Gasteiger partial charge in [0.2, 0.25) is 5.28 Å². The molecule has 0 saturated carbocycles. The van der Waals surface area contributed by atoms with Crippen LogP contribution in [0.25, 0.3) is 11.0 Å². The number of halogens is 1. The first kappa shape index (κ1) is 12.9. The lowest BCUT2D eigenvalue weighted by Crippen LogP contribution is -1.96. The van der Waals surface area contributed by atoms with Crippen molar-refractivity contribution >= 4 is 34.1 Å². The lowest BCUT2D eigenvalue weighted by atomic mass is 10.1. The molecule has 3 aromatic rings. The van der Waals surface area contributed by atoms with Gasteiger partial charge in [0, 0.05) is 5.69 Å². The second kappa shape index (κ2) is 5.46. The van der Waals surface area contributed by atoms with Gasteiger partial charge in [0.05, 0.1) is 11.6 Å². The van der Waals surface area contributed by atoms with E-state index in [9.17, 15) is 0 Å². The van der Waals surface area contributed by atoms with Crippen molar-refractivity contribution in [3.63, 3.8) is 0 Å². The normalized spacial score (nSPS) is 10.9. The van der Waals surface area contributed by atoms with Crippen LogP contribution in [-0.2, 0) is 6.42 Å². The van der Waals surface area contributed by atoms with Crippen molar-refractivity contribution in [2.24, 2.45) is 0 Å². The Labute approximate surface area is 121 Å². The summed E-state index contributed by atoms with van der Waals surface area (Å²) < 4.78 is 0. The van der Waals surface area contributed by atoms with E-state index in [4.69, 9.17) is 11.6 Å². The molecule has 2 heterocycles. The first-order valence-electron chi connectivity index (χ1n) is 6.49. The summed E-state index contributed by atoms with van der Waals surface area (Å²) in [6, 6.07) is 8.29. The van der Waals surface area contributed by atoms with Crippen LogP contribution in [-0.4, -0.2) is 20.2 Å². The molecule has 0 saturated heterocycles. The fraction of sp³-hybridized carbons (Fsp3) is 0.214. The largest absolute Gasteiger partial charge is 0.339 e. The van der Waals surface area contributed by atoms with E-state index >= 15 is 0 Å². The van der Waals surface area contributed by atoms with Crippen LogP contribution in [0.1, 0.15) is 18.9 Å². The summed E-state index contributed by atoms with van der Waals surface area (Å²) in [7, 11) is 0. The van der Waals surface area contributed by atoms with Gasteiger partial charge in [-0.1, -0.05) is 25.5 Å². The van der Waals surface area contributed by atoms with E-state index in [2.05, 4.69) is 44.5 Å². The van der Waals surface area contributed by atoms with Gasteiger partial charge in [0.1, 0.15) is 5.82 Å². The number of nitrogens with zero attached hydrogens (tertiary/aromatic N) is 3. The maximum atomic E-state index is 5.90. The number of fused-ring (bicyclic) bond motifs is 1. The molecule has 0 aliphatic rings. The maximum Gasteiger partial charge on any atom is 0.226 e. The number of hydrogen-bond donors (Lipinski definition) is 2. The second-order valence-corrected chi connectivity index (χ2v) is 4.88. The highest BCUT2D eigenvalue weighted by molar-refractivity contribution is 6.28. The van der Waals surface area contributed by atoms with Gasteiger partial charge in [-0.25, -0.2) is 0 Å². The zero-order chi connectivity index (χ0) is 13.9. The summed E-state index contributed by atoms with van der Waals surface area (Å²) in [5, 5.41) is 11.0. The van der Waals surface area contributed by atoms with E-state index in [1.807, 2.05) is 12.1 Å². The highest BCUT2D eigenvalue weighted by atomic mass is 35.5. The Morgan fingerprint density at radius 2 is 2.00 bits per heavy atom. The van der Waals surface area contributed by atoms with Gasteiger partial charge in [-0.3, -0.25) is 5.10 Å². The van der Waals surface area contributed by atoms with Crippen LogP contribution in [0, 0.1) is 0 Å². The fourth-order valence-corrected chi connectivity index (χ4v) is 2.25. The molecule has 0 atom stereocenters. The topological polar surface area (TPSA) is 66.5 Å². The number of aromatic nitrogens is 4. The summed E-state index contributed by atoms with van der Waals surface area (Å²) >= 11 is 5.90. The van der Waals surface area contributed by atoms with Crippen molar-refractivity contribution in [3.05, 3.63) is 41.3 Å². The van der Waals surface area contributed by atoms with Gasteiger partial charge in [-0.15, -0.1) is 0 Å². The molecule has 102 valence electrons. The van der Waals surface area contributed by atoms with Crippen LogP contribution < -0.4 is 5.32 Å². The lowest BCUT2D eigenvalue weighted by Gasteiger charge is -2.07.